The standard InChI is InChI=1S/C67H49N/c1-4-22-51(23-5-1)67(52-24-6-2-7-25-52)64-34-17-16-32-60(64)63-44-62(49-37-35-47(36-38-49)56-33-18-21-46-19-10-12-28-55(46)56)66(45-65(63)67)68(53-26-8-3-9-27-53)54-41-39-48(40-42-54)61-43-50-20-11-13-29-57(50)58-30-14-15-31-59(58)61/h1-9,11,13-18,20-27,29-45H,10,12,19,28H2. The van der Waals surface area contributed by atoms with E-state index < -0.39 is 5.41 Å². The summed E-state index contributed by atoms with van der Waals surface area (Å²) in [4.78, 5) is 2.49. The highest BCUT2D eigenvalue weighted by molar-refractivity contribution is 6.14. The lowest BCUT2D eigenvalue weighted by Gasteiger charge is -2.35. The fourth-order valence-corrected chi connectivity index (χ4v) is 11.9. The van der Waals surface area contributed by atoms with E-state index in [0.717, 1.165) is 23.5 Å². The van der Waals surface area contributed by atoms with E-state index in [9.17, 15) is 0 Å². The third-order valence-corrected chi connectivity index (χ3v) is 14.9. The minimum atomic E-state index is -0.554. The van der Waals surface area contributed by atoms with Crippen LogP contribution >= 0.6 is 0 Å². The summed E-state index contributed by atoms with van der Waals surface area (Å²) in [5.41, 5.74) is 20.9. The summed E-state index contributed by atoms with van der Waals surface area (Å²) in [6, 6.07) is 93.0. The molecule has 1 nitrogen and oxygen atoms in total. The molecule has 13 rings (SSSR count). The van der Waals surface area contributed by atoms with Crippen molar-refractivity contribution in [3.63, 3.8) is 0 Å². The summed E-state index contributed by atoms with van der Waals surface area (Å²) >= 11 is 0. The normalized spacial score (nSPS) is 13.5. The molecule has 0 fully saturated rings. The molecule has 0 saturated heterocycles. The van der Waals surface area contributed by atoms with Crippen LogP contribution in [-0.2, 0) is 18.3 Å². The monoisotopic (exact) mass is 867 g/mol. The van der Waals surface area contributed by atoms with E-state index >= 15 is 0 Å². The number of benzene rings is 11. The second-order valence-corrected chi connectivity index (χ2v) is 18.6. The number of hydrogen-bond acceptors (Lipinski definition) is 1. The second kappa shape index (κ2) is 16.6. The lowest BCUT2D eigenvalue weighted by Crippen LogP contribution is -2.28. The van der Waals surface area contributed by atoms with E-state index in [4.69, 9.17) is 0 Å². The van der Waals surface area contributed by atoms with Crippen molar-refractivity contribution in [3.05, 3.63) is 282 Å². The van der Waals surface area contributed by atoms with Gasteiger partial charge in [-0.25, -0.2) is 0 Å². The Kier molecular flexibility index (Phi) is 9.75. The third-order valence-electron chi connectivity index (χ3n) is 14.9. The van der Waals surface area contributed by atoms with Crippen molar-refractivity contribution in [2.75, 3.05) is 4.90 Å². The quantitative estimate of drug-likeness (QED) is 0.138. The Balaban J connectivity index is 1.06. The van der Waals surface area contributed by atoms with E-state index in [0.29, 0.717) is 0 Å². The van der Waals surface area contributed by atoms with Crippen molar-refractivity contribution in [1.82, 2.24) is 0 Å². The van der Waals surface area contributed by atoms with Gasteiger partial charge in [-0.2, -0.15) is 0 Å². The average molecular weight is 868 g/mol. The van der Waals surface area contributed by atoms with Gasteiger partial charge in [0.15, 0.2) is 0 Å². The van der Waals surface area contributed by atoms with Gasteiger partial charge >= 0.3 is 0 Å². The molecule has 11 aromatic rings. The van der Waals surface area contributed by atoms with Crippen LogP contribution in [-0.4, -0.2) is 0 Å². The van der Waals surface area contributed by atoms with E-state index in [1.807, 2.05) is 0 Å². The molecular weight excluding hydrogens is 819 g/mol. The summed E-state index contributed by atoms with van der Waals surface area (Å²) < 4.78 is 0. The highest BCUT2D eigenvalue weighted by Crippen LogP contribution is 2.59. The molecule has 0 saturated carbocycles. The fourth-order valence-electron chi connectivity index (χ4n) is 11.9. The fraction of sp³-hybridized carbons (Fsp3) is 0.0746. The van der Waals surface area contributed by atoms with Crippen LogP contribution in [0.25, 0.3) is 66.1 Å². The lowest BCUT2D eigenvalue weighted by molar-refractivity contribution is 0.687. The first-order chi connectivity index (χ1) is 33.7. The van der Waals surface area contributed by atoms with Gasteiger partial charge in [0.05, 0.1) is 11.1 Å². The maximum Gasteiger partial charge on any atom is 0.0714 e. The van der Waals surface area contributed by atoms with E-state index in [-0.39, 0.29) is 0 Å². The summed E-state index contributed by atoms with van der Waals surface area (Å²) in [5.74, 6) is 0. The van der Waals surface area contributed by atoms with Crippen LogP contribution in [0.2, 0.25) is 0 Å². The molecule has 0 bridgehead atoms. The minimum absolute atomic E-state index is 0.554. The smallest absolute Gasteiger partial charge is 0.0714 e. The van der Waals surface area contributed by atoms with Crippen molar-refractivity contribution in [1.29, 1.82) is 0 Å². The number of fused-ring (bicyclic) bond motifs is 7. The summed E-state index contributed by atoms with van der Waals surface area (Å²) in [5, 5.41) is 5.07. The number of aryl methyl sites for hydroxylation is 1. The molecule has 0 aliphatic heterocycles. The molecule has 0 atom stereocenters. The highest BCUT2D eigenvalue weighted by atomic mass is 15.1. The molecule has 1 heteroatoms. The SMILES string of the molecule is c1ccc(N(c2ccc(-c3cc4ccccc4c4ccccc34)cc2)c2cc3c(cc2-c2ccc(-c4cccc5c4CCCC5)cc2)-c2ccccc2C3(c2ccccc2)c2ccccc2)cc1. The van der Waals surface area contributed by atoms with Gasteiger partial charge in [0.2, 0.25) is 0 Å². The molecule has 0 aromatic heterocycles. The lowest BCUT2D eigenvalue weighted by atomic mass is 9.67. The van der Waals surface area contributed by atoms with Crippen molar-refractivity contribution >= 4 is 38.6 Å². The predicted octanol–water partition coefficient (Wildman–Crippen LogP) is 17.7. The molecule has 0 unspecified atom stereocenters. The first kappa shape index (κ1) is 40.1. The zero-order valence-corrected chi connectivity index (χ0v) is 37.9. The second-order valence-electron chi connectivity index (χ2n) is 18.6. The minimum Gasteiger partial charge on any atom is -0.310 e. The molecule has 2 aliphatic rings. The highest BCUT2D eigenvalue weighted by Gasteiger charge is 2.47. The molecule has 0 heterocycles. The van der Waals surface area contributed by atoms with E-state index in [2.05, 4.69) is 254 Å². The molecule has 2 aliphatic carbocycles. The van der Waals surface area contributed by atoms with Crippen LogP contribution in [0.5, 0.6) is 0 Å². The van der Waals surface area contributed by atoms with Gasteiger partial charge in [-0.3, -0.25) is 0 Å². The zero-order chi connectivity index (χ0) is 45.0. The van der Waals surface area contributed by atoms with Gasteiger partial charge in [-0.05, 0) is 162 Å². The van der Waals surface area contributed by atoms with Crippen LogP contribution in [0.1, 0.15) is 46.2 Å². The Morgan fingerprint density at radius 2 is 0.868 bits per heavy atom. The van der Waals surface area contributed by atoms with Crippen molar-refractivity contribution in [3.8, 4) is 44.5 Å². The van der Waals surface area contributed by atoms with E-state index in [1.54, 1.807) is 0 Å². The Bertz CT molecular complexity index is 3610. The van der Waals surface area contributed by atoms with Crippen LogP contribution in [0.15, 0.2) is 249 Å². The van der Waals surface area contributed by atoms with Gasteiger partial charge in [-0.1, -0.05) is 206 Å². The number of rotatable bonds is 8. The van der Waals surface area contributed by atoms with Crippen LogP contribution in [0.4, 0.5) is 17.1 Å². The maximum atomic E-state index is 2.53. The van der Waals surface area contributed by atoms with Crippen LogP contribution < -0.4 is 4.90 Å². The first-order valence-corrected chi connectivity index (χ1v) is 24.2. The number of anilines is 3. The third kappa shape index (κ3) is 6.45. The Morgan fingerprint density at radius 3 is 1.60 bits per heavy atom. The van der Waals surface area contributed by atoms with Crippen molar-refractivity contribution in [2.45, 2.75) is 31.1 Å². The average Bonchev–Trinajstić information content (AvgIpc) is 3.71. The van der Waals surface area contributed by atoms with Gasteiger partial charge < -0.3 is 4.90 Å². The van der Waals surface area contributed by atoms with Crippen LogP contribution in [0, 0.1) is 0 Å². The number of hydrogen-bond donors (Lipinski definition) is 0. The molecule has 11 aromatic carbocycles. The van der Waals surface area contributed by atoms with Gasteiger partial charge in [0.1, 0.15) is 0 Å². The summed E-state index contributed by atoms with van der Waals surface area (Å²) in [7, 11) is 0. The number of para-hydroxylation sites is 1. The van der Waals surface area contributed by atoms with E-state index in [1.165, 1.54) is 119 Å². The summed E-state index contributed by atoms with van der Waals surface area (Å²) in [6.07, 6.45) is 4.85. The van der Waals surface area contributed by atoms with Crippen molar-refractivity contribution < 1.29 is 0 Å². The molecular formula is C67H49N. The number of nitrogens with zero attached hydrogens (tertiary/aromatic N) is 1. The largest absolute Gasteiger partial charge is 0.310 e. The molecule has 322 valence electrons. The molecule has 0 spiro atoms. The van der Waals surface area contributed by atoms with Crippen LogP contribution in [0.3, 0.4) is 0 Å². The maximum absolute atomic E-state index is 2.53. The Labute approximate surface area is 399 Å². The molecule has 0 amide bonds. The zero-order valence-electron chi connectivity index (χ0n) is 37.9. The molecule has 0 N–H and O–H groups in total. The van der Waals surface area contributed by atoms with Gasteiger partial charge in [0.25, 0.3) is 0 Å². The van der Waals surface area contributed by atoms with Crippen molar-refractivity contribution in [2.24, 2.45) is 0 Å². The molecule has 68 heavy (non-hydrogen) atoms. The predicted molar refractivity (Wildman–Crippen MR) is 286 cm³/mol. The first-order valence-electron chi connectivity index (χ1n) is 24.2. The van der Waals surface area contributed by atoms with Gasteiger partial charge in [0, 0.05) is 16.9 Å². The topological polar surface area (TPSA) is 3.24 Å². The molecule has 0 radical (unpaired) electrons. The Hall–Kier alpha value is -8.26. The summed E-state index contributed by atoms with van der Waals surface area (Å²) in [6.45, 7) is 0. The Morgan fingerprint density at radius 1 is 0.324 bits per heavy atom. The van der Waals surface area contributed by atoms with Gasteiger partial charge in [-0.15, -0.1) is 0 Å².